The normalized spacial score (nSPS) is 11.7. The van der Waals surface area contributed by atoms with Crippen LogP contribution in [0.5, 0.6) is 5.75 Å². The molecule has 0 aliphatic heterocycles. The molecule has 0 spiro atoms. The third-order valence-electron chi connectivity index (χ3n) is 3.27. The fourth-order valence-electron chi connectivity index (χ4n) is 2.04. The molecule has 1 amide bonds. The number of aliphatic hydroxyl groups is 1. The zero-order valence-corrected chi connectivity index (χ0v) is 12.7. The van der Waals surface area contributed by atoms with Gasteiger partial charge in [-0.1, -0.05) is 48.5 Å². The molecule has 2 aromatic rings. The van der Waals surface area contributed by atoms with Gasteiger partial charge in [0, 0.05) is 6.54 Å². The number of ether oxygens (including phenoxy) is 1. The van der Waals surface area contributed by atoms with Crippen LogP contribution in [-0.2, 0) is 11.2 Å². The second-order valence-corrected chi connectivity index (χ2v) is 5.20. The second-order valence-electron chi connectivity index (χ2n) is 5.20. The first-order valence-corrected chi connectivity index (χ1v) is 7.32. The van der Waals surface area contributed by atoms with E-state index in [1.807, 2.05) is 61.5 Å². The first-order valence-electron chi connectivity index (χ1n) is 7.32. The molecule has 1 atom stereocenters. The van der Waals surface area contributed by atoms with Gasteiger partial charge in [-0.3, -0.25) is 4.79 Å². The van der Waals surface area contributed by atoms with Crippen LogP contribution in [0.2, 0.25) is 0 Å². The monoisotopic (exact) mass is 299 g/mol. The predicted molar refractivity (Wildman–Crippen MR) is 85.8 cm³/mol. The van der Waals surface area contributed by atoms with Gasteiger partial charge in [0.05, 0.1) is 6.42 Å². The number of amides is 1. The Morgan fingerprint density at radius 2 is 1.82 bits per heavy atom. The molecule has 0 bridgehead atoms. The number of para-hydroxylation sites is 1. The van der Waals surface area contributed by atoms with Crippen LogP contribution in [0.1, 0.15) is 11.1 Å². The molecule has 0 aliphatic carbocycles. The molecule has 0 radical (unpaired) electrons. The van der Waals surface area contributed by atoms with Crippen molar-refractivity contribution in [2.45, 2.75) is 19.4 Å². The number of benzene rings is 2. The van der Waals surface area contributed by atoms with Crippen molar-refractivity contribution in [1.82, 2.24) is 5.32 Å². The Labute approximate surface area is 130 Å². The topological polar surface area (TPSA) is 58.6 Å². The minimum atomic E-state index is -0.737. The molecule has 1 unspecified atom stereocenters. The molecule has 0 aromatic heterocycles. The van der Waals surface area contributed by atoms with E-state index in [0.29, 0.717) is 6.42 Å². The van der Waals surface area contributed by atoms with Crippen LogP contribution in [-0.4, -0.2) is 30.3 Å². The number of hydrogen-bond acceptors (Lipinski definition) is 3. The smallest absolute Gasteiger partial charge is 0.224 e. The van der Waals surface area contributed by atoms with Gasteiger partial charge in [0.1, 0.15) is 18.5 Å². The Morgan fingerprint density at radius 1 is 1.14 bits per heavy atom. The molecule has 0 fully saturated rings. The van der Waals surface area contributed by atoms with E-state index in [1.54, 1.807) is 0 Å². The van der Waals surface area contributed by atoms with E-state index in [1.165, 1.54) is 0 Å². The van der Waals surface area contributed by atoms with E-state index in [-0.39, 0.29) is 19.1 Å². The lowest BCUT2D eigenvalue weighted by molar-refractivity contribution is -0.121. The van der Waals surface area contributed by atoms with Crippen molar-refractivity contribution in [1.29, 1.82) is 0 Å². The third-order valence-corrected chi connectivity index (χ3v) is 3.27. The highest BCUT2D eigenvalue weighted by Gasteiger charge is 2.09. The van der Waals surface area contributed by atoms with Crippen LogP contribution in [0, 0.1) is 6.92 Å². The number of aliphatic hydroxyl groups excluding tert-OH is 1. The summed E-state index contributed by atoms with van der Waals surface area (Å²) in [6.45, 7) is 2.28. The molecule has 0 saturated heterocycles. The SMILES string of the molecule is Cc1ccccc1OCC(O)CNC(=O)Cc1ccccc1. The Hall–Kier alpha value is -2.33. The molecule has 4 heteroatoms. The van der Waals surface area contributed by atoms with Gasteiger partial charge >= 0.3 is 0 Å². The maximum atomic E-state index is 11.8. The number of carbonyl (C=O) groups excluding carboxylic acids is 1. The van der Waals surface area contributed by atoms with Crippen molar-refractivity contribution in [3.8, 4) is 5.75 Å². The Kier molecular flexibility index (Phi) is 5.98. The zero-order valence-electron chi connectivity index (χ0n) is 12.7. The summed E-state index contributed by atoms with van der Waals surface area (Å²) in [5.41, 5.74) is 1.97. The highest BCUT2D eigenvalue weighted by molar-refractivity contribution is 5.78. The first kappa shape index (κ1) is 16.0. The average molecular weight is 299 g/mol. The summed E-state index contributed by atoms with van der Waals surface area (Å²) in [4.78, 5) is 11.8. The molecule has 4 nitrogen and oxygen atoms in total. The van der Waals surface area contributed by atoms with Crippen LogP contribution < -0.4 is 10.1 Å². The summed E-state index contributed by atoms with van der Waals surface area (Å²) in [6.07, 6.45) is -0.425. The maximum absolute atomic E-state index is 11.8. The van der Waals surface area contributed by atoms with Gasteiger partial charge in [-0.25, -0.2) is 0 Å². The Morgan fingerprint density at radius 3 is 2.55 bits per heavy atom. The van der Waals surface area contributed by atoms with Crippen molar-refractivity contribution in [3.63, 3.8) is 0 Å². The van der Waals surface area contributed by atoms with Crippen LogP contribution in [0.25, 0.3) is 0 Å². The van der Waals surface area contributed by atoms with Crippen molar-refractivity contribution >= 4 is 5.91 Å². The van der Waals surface area contributed by atoms with Gasteiger partial charge in [-0.2, -0.15) is 0 Å². The Bertz CT molecular complexity index is 598. The molecule has 0 heterocycles. The number of nitrogens with one attached hydrogen (secondary N) is 1. The van der Waals surface area contributed by atoms with Gasteiger partial charge in [-0.05, 0) is 24.1 Å². The summed E-state index contributed by atoms with van der Waals surface area (Å²) < 4.78 is 5.55. The number of carbonyl (C=O) groups is 1. The molecular weight excluding hydrogens is 278 g/mol. The van der Waals surface area contributed by atoms with Gasteiger partial charge in [-0.15, -0.1) is 0 Å². The minimum absolute atomic E-state index is 0.110. The van der Waals surface area contributed by atoms with Crippen molar-refractivity contribution in [2.75, 3.05) is 13.2 Å². The lowest BCUT2D eigenvalue weighted by Crippen LogP contribution is -2.36. The van der Waals surface area contributed by atoms with E-state index < -0.39 is 6.10 Å². The highest BCUT2D eigenvalue weighted by atomic mass is 16.5. The number of rotatable bonds is 7. The fraction of sp³-hybridized carbons (Fsp3) is 0.278. The lowest BCUT2D eigenvalue weighted by atomic mass is 10.1. The number of aryl methyl sites for hydroxylation is 1. The molecule has 22 heavy (non-hydrogen) atoms. The molecular formula is C18H21NO3. The molecule has 116 valence electrons. The van der Waals surface area contributed by atoms with Crippen LogP contribution in [0.4, 0.5) is 0 Å². The molecule has 2 N–H and O–H groups in total. The molecule has 0 aliphatic rings. The van der Waals surface area contributed by atoms with Crippen molar-refractivity contribution in [3.05, 3.63) is 65.7 Å². The van der Waals surface area contributed by atoms with E-state index in [4.69, 9.17) is 4.74 Å². The summed E-state index contributed by atoms with van der Waals surface area (Å²) >= 11 is 0. The Balaban J connectivity index is 1.70. The zero-order chi connectivity index (χ0) is 15.8. The van der Waals surface area contributed by atoms with Gasteiger partial charge < -0.3 is 15.2 Å². The van der Waals surface area contributed by atoms with E-state index in [9.17, 15) is 9.90 Å². The summed E-state index contributed by atoms with van der Waals surface area (Å²) in [6, 6.07) is 17.1. The molecule has 0 saturated carbocycles. The molecule has 2 aromatic carbocycles. The van der Waals surface area contributed by atoms with Crippen LogP contribution in [0.3, 0.4) is 0 Å². The van der Waals surface area contributed by atoms with Gasteiger partial charge in [0.25, 0.3) is 0 Å². The lowest BCUT2D eigenvalue weighted by Gasteiger charge is -2.14. The summed E-state index contributed by atoms with van der Waals surface area (Å²) in [5.74, 6) is 0.637. The van der Waals surface area contributed by atoms with Crippen molar-refractivity contribution < 1.29 is 14.6 Å². The standard InChI is InChI=1S/C18H21NO3/c1-14-7-5-6-10-17(14)22-13-16(20)12-19-18(21)11-15-8-3-2-4-9-15/h2-10,16,20H,11-13H2,1H3,(H,19,21). The maximum Gasteiger partial charge on any atom is 0.224 e. The summed E-state index contributed by atoms with van der Waals surface area (Å²) in [5, 5.41) is 12.6. The minimum Gasteiger partial charge on any atom is -0.491 e. The fourth-order valence-corrected chi connectivity index (χ4v) is 2.04. The largest absolute Gasteiger partial charge is 0.491 e. The first-order chi connectivity index (χ1) is 10.6. The van der Waals surface area contributed by atoms with E-state index in [2.05, 4.69) is 5.32 Å². The highest BCUT2D eigenvalue weighted by Crippen LogP contribution is 2.16. The van der Waals surface area contributed by atoms with Crippen molar-refractivity contribution in [2.24, 2.45) is 0 Å². The quantitative estimate of drug-likeness (QED) is 0.823. The van der Waals surface area contributed by atoms with Crippen LogP contribution in [0.15, 0.2) is 54.6 Å². The van der Waals surface area contributed by atoms with E-state index >= 15 is 0 Å². The summed E-state index contributed by atoms with van der Waals surface area (Å²) in [7, 11) is 0. The van der Waals surface area contributed by atoms with E-state index in [0.717, 1.165) is 16.9 Å². The van der Waals surface area contributed by atoms with Gasteiger partial charge in [0.15, 0.2) is 0 Å². The predicted octanol–water partition coefficient (Wildman–Crippen LogP) is 2.09. The third kappa shape index (κ3) is 5.22. The second kappa shape index (κ2) is 8.20. The van der Waals surface area contributed by atoms with Gasteiger partial charge in [0.2, 0.25) is 5.91 Å². The average Bonchev–Trinajstić information content (AvgIpc) is 2.53. The number of hydrogen-bond donors (Lipinski definition) is 2. The van der Waals surface area contributed by atoms with Crippen LogP contribution >= 0.6 is 0 Å². The molecule has 2 rings (SSSR count).